The number of nitrogens with zero attached hydrogens (tertiary/aromatic N) is 1. The molecule has 8 heteroatoms. The van der Waals surface area contributed by atoms with Gasteiger partial charge in [0.25, 0.3) is 5.91 Å². The molecule has 2 N–H and O–H groups in total. The van der Waals surface area contributed by atoms with Crippen molar-refractivity contribution in [3.63, 3.8) is 0 Å². The Morgan fingerprint density at radius 2 is 1.84 bits per heavy atom. The summed E-state index contributed by atoms with van der Waals surface area (Å²) in [6, 6.07) is 9.84. The van der Waals surface area contributed by atoms with Crippen LogP contribution in [0.5, 0.6) is 0 Å². The molecule has 2 aliphatic rings. The molecule has 0 saturated heterocycles. The second-order valence-electron chi connectivity index (χ2n) is 8.46. The third-order valence-electron chi connectivity index (χ3n) is 6.41. The van der Waals surface area contributed by atoms with Crippen molar-refractivity contribution in [3.8, 4) is 0 Å². The van der Waals surface area contributed by atoms with Crippen molar-refractivity contribution in [3.05, 3.63) is 51.2 Å². The van der Waals surface area contributed by atoms with Crippen molar-refractivity contribution < 1.29 is 19.5 Å². The van der Waals surface area contributed by atoms with E-state index in [1.165, 1.54) is 22.7 Å². The normalized spacial score (nSPS) is 16.7. The lowest BCUT2D eigenvalue weighted by molar-refractivity contribution is -0.120. The third-order valence-corrected chi connectivity index (χ3v) is 8.64. The lowest BCUT2D eigenvalue weighted by atomic mass is 9.88. The lowest BCUT2D eigenvalue weighted by Gasteiger charge is -2.26. The molecule has 3 heterocycles. The molecular weight excluding hydrogens is 444 g/mol. The van der Waals surface area contributed by atoms with Gasteiger partial charge in [-0.15, -0.1) is 22.7 Å². The van der Waals surface area contributed by atoms with E-state index in [1.54, 1.807) is 4.90 Å². The van der Waals surface area contributed by atoms with E-state index < -0.39 is 5.97 Å². The summed E-state index contributed by atoms with van der Waals surface area (Å²) in [5.74, 6) is -1.18. The molecule has 0 radical (unpaired) electrons. The molecule has 32 heavy (non-hydrogen) atoms. The number of carboxylic acid groups (broad SMARTS) is 1. The highest BCUT2D eigenvalue weighted by molar-refractivity contribution is 7.20. The summed E-state index contributed by atoms with van der Waals surface area (Å²) in [7, 11) is 0. The Kier molecular flexibility index (Phi) is 5.73. The van der Waals surface area contributed by atoms with Gasteiger partial charge in [0.2, 0.25) is 5.91 Å². The van der Waals surface area contributed by atoms with Crippen molar-refractivity contribution >= 4 is 55.5 Å². The predicted octanol–water partition coefficient (Wildman–Crippen LogP) is 5.38. The molecule has 0 bridgehead atoms. The predicted molar refractivity (Wildman–Crippen MR) is 127 cm³/mol. The zero-order valence-corrected chi connectivity index (χ0v) is 19.2. The Morgan fingerprint density at radius 3 is 2.59 bits per heavy atom. The monoisotopic (exact) mass is 468 g/mol. The molecule has 2 amide bonds. The second-order valence-corrected chi connectivity index (χ2v) is 10.7. The maximum absolute atomic E-state index is 13.1. The fourth-order valence-electron chi connectivity index (χ4n) is 4.71. The Hall–Kier alpha value is -2.71. The Morgan fingerprint density at radius 1 is 1.06 bits per heavy atom. The van der Waals surface area contributed by atoms with Crippen LogP contribution in [-0.2, 0) is 17.8 Å². The number of carboxylic acids is 1. The van der Waals surface area contributed by atoms with Crippen molar-refractivity contribution in [1.82, 2.24) is 4.90 Å². The van der Waals surface area contributed by atoms with Gasteiger partial charge in [-0.05, 0) is 42.3 Å². The summed E-state index contributed by atoms with van der Waals surface area (Å²) in [4.78, 5) is 41.2. The number of benzene rings is 1. The van der Waals surface area contributed by atoms with Gasteiger partial charge in [-0.25, -0.2) is 4.79 Å². The molecule has 1 aliphatic heterocycles. The summed E-state index contributed by atoms with van der Waals surface area (Å²) < 4.78 is 1.07. The Labute approximate surface area is 193 Å². The fourth-order valence-corrected chi connectivity index (χ4v) is 7.00. The number of hydrogen-bond acceptors (Lipinski definition) is 5. The minimum absolute atomic E-state index is 0.0325. The number of hydrogen-bond donors (Lipinski definition) is 2. The molecular formula is C24H24N2O4S2. The number of fused-ring (bicyclic) bond motifs is 2. The lowest BCUT2D eigenvalue weighted by Crippen LogP contribution is -2.35. The van der Waals surface area contributed by atoms with Crippen LogP contribution in [0.25, 0.3) is 10.1 Å². The molecule has 2 aromatic heterocycles. The van der Waals surface area contributed by atoms with E-state index in [4.69, 9.17) is 0 Å². The number of anilines is 1. The highest BCUT2D eigenvalue weighted by Gasteiger charge is 2.32. The van der Waals surface area contributed by atoms with Crippen LogP contribution in [0.1, 0.15) is 62.6 Å². The molecule has 1 aromatic carbocycles. The summed E-state index contributed by atoms with van der Waals surface area (Å²) in [6.45, 7) is 0.833. The number of amides is 2. The zero-order valence-electron chi connectivity index (χ0n) is 17.6. The zero-order chi connectivity index (χ0) is 22.2. The summed E-state index contributed by atoms with van der Waals surface area (Å²) in [5, 5.41) is 14.2. The average Bonchev–Trinajstić information content (AvgIpc) is 3.39. The number of carbonyl (C=O) groups excluding carboxylic acids is 2. The van der Waals surface area contributed by atoms with Crippen LogP contribution < -0.4 is 5.32 Å². The van der Waals surface area contributed by atoms with Gasteiger partial charge < -0.3 is 15.3 Å². The third kappa shape index (κ3) is 3.93. The van der Waals surface area contributed by atoms with E-state index in [0.717, 1.165) is 52.6 Å². The minimum Gasteiger partial charge on any atom is -0.478 e. The van der Waals surface area contributed by atoms with Gasteiger partial charge >= 0.3 is 5.97 Å². The van der Waals surface area contributed by atoms with Crippen molar-refractivity contribution in [2.45, 2.75) is 45.1 Å². The summed E-state index contributed by atoms with van der Waals surface area (Å²) in [6.07, 6.45) is 5.43. The number of thiophene rings is 2. The minimum atomic E-state index is -1.02. The van der Waals surface area contributed by atoms with Gasteiger partial charge in [-0.1, -0.05) is 37.5 Å². The Balaban J connectivity index is 1.37. The molecule has 166 valence electrons. The first kappa shape index (κ1) is 21.2. The molecule has 1 aliphatic carbocycles. The molecule has 0 spiro atoms. The van der Waals surface area contributed by atoms with E-state index in [0.29, 0.717) is 29.4 Å². The summed E-state index contributed by atoms with van der Waals surface area (Å²) in [5.41, 5.74) is 0.949. The Bertz CT molecular complexity index is 1170. The molecule has 5 rings (SSSR count). The number of carbonyl (C=O) groups is 3. The largest absolute Gasteiger partial charge is 0.478 e. The number of aromatic carboxylic acids is 1. The van der Waals surface area contributed by atoms with Crippen LogP contribution >= 0.6 is 22.7 Å². The fraction of sp³-hybridized carbons (Fsp3) is 0.375. The van der Waals surface area contributed by atoms with E-state index in [2.05, 4.69) is 5.32 Å². The van der Waals surface area contributed by atoms with E-state index in [9.17, 15) is 19.5 Å². The van der Waals surface area contributed by atoms with Crippen molar-refractivity contribution in [2.75, 3.05) is 11.9 Å². The molecule has 6 nitrogen and oxygen atoms in total. The van der Waals surface area contributed by atoms with Crippen LogP contribution in [0.4, 0.5) is 5.00 Å². The second kappa shape index (κ2) is 8.67. The summed E-state index contributed by atoms with van der Waals surface area (Å²) >= 11 is 2.78. The first-order chi connectivity index (χ1) is 15.5. The molecule has 0 atom stereocenters. The van der Waals surface area contributed by atoms with Gasteiger partial charge in [0, 0.05) is 22.0 Å². The molecule has 1 saturated carbocycles. The van der Waals surface area contributed by atoms with E-state index in [-0.39, 0.29) is 23.3 Å². The van der Waals surface area contributed by atoms with E-state index >= 15 is 0 Å². The van der Waals surface area contributed by atoms with Gasteiger partial charge in [0.05, 0.1) is 17.0 Å². The van der Waals surface area contributed by atoms with Gasteiger partial charge in [-0.3, -0.25) is 9.59 Å². The highest BCUT2D eigenvalue weighted by atomic mass is 32.1. The van der Waals surface area contributed by atoms with Crippen LogP contribution in [0, 0.1) is 5.92 Å². The molecule has 0 unspecified atom stereocenters. The maximum Gasteiger partial charge on any atom is 0.339 e. The van der Waals surface area contributed by atoms with Gasteiger partial charge in [0.15, 0.2) is 0 Å². The quantitative estimate of drug-likeness (QED) is 0.538. The molecule has 3 aromatic rings. The first-order valence-electron chi connectivity index (χ1n) is 11.0. The van der Waals surface area contributed by atoms with Crippen LogP contribution in [0.3, 0.4) is 0 Å². The topological polar surface area (TPSA) is 86.7 Å². The first-order valence-corrected chi connectivity index (χ1v) is 12.6. The highest BCUT2D eigenvalue weighted by Crippen LogP contribution is 2.39. The van der Waals surface area contributed by atoms with Crippen molar-refractivity contribution in [1.29, 1.82) is 0 Å². The van der Waals surface area contributed by atoms with Crippen molar-refractivity contribution in [2.24, 2.45) is 5.92 Å². The standard InChI is InChI=1S/C24H24N2O4S2/c27-21(14-6-2-1-3-7-14)25-22-20(24(29)30)16-10-11-26(13-19(16)32-22)23(28)18-12-15-8-4-5-9-17(15)31-18/h4-5,8-9,12,14H,1-3,6-7,10-11,13H2,(H,25,27)(H,29,30). The molecule has 1 fully saturated rings. The van der Waals surface area contributed by atoms with E-state index in [1.807, 2.05) is 30.3 Å². The number of rotatable bonds is 4. The van der Waals surface area contributed by atoms with Crippen LogP contribution in [-0.4, -0.2) is 34.3 Å². The van der Waals surface area contributed by atoms with Crippen LogP contribution in [0.15, 0.2) is 30.3 Å². The number of nitrogens with one attached hydrogen (secondary N) is 1. The SMILES string of the molecule is O=C(O)c1c(NC(=O)C2CCCCC2)sc2c1CCN(C(=O)c1cc3ccccc3s1)C2. The van der Waals surface area contributed by atoms with Crippen LogP contribution in [0.2, 0.25) is 0 Å². The smallest absolute Gasteiger partial charge is 0.339 e. The van der Waals surface area contributed by atoms with Gasteiger partial charge in [-0.2, -0.15) is 0 Å². The average molecular weight is 469 g/mol. The maximum atomic E-state index is 13.1. The van der Waals surface area contributed by atoms with Gasteiger partial charge in [0.1, 0.15) is 5.00 Å².